The van der Waals surface area contributed by atoms with Gasteiger partial charge in [-0.2, -0.15) is 0 Å². The van der Waals surface area contributed by atoms with Crippen LogP contribution in [0.2, 0.25) is 0 Å². The Morgan fingerprint density at radius 3 is 2.59 bits per heavy atom. The molecule has 4 aromatic rings. The second-order valence-corrected chi connectivity index (χ2v) is 13.5. The maximum Gasteiger partial charge on any atom is 0.335 e. The molecular weight excluding hydrogens is 542 g/mol. The molecule has 3 N–H and O–H groups in total. The molecule has 11 heteroatoms. The van der Waals surface area contributed by atoms with E-state index in [0.29, 0.717) is 17.9 Å². The Balaban J connectivity index is 1.19. The first-order valence-electron chi connectivity index (χ1n) is 14.3. The SMILES string of the molecule is Cc1nc2cnc3nccc3c2c(C2CCC(CS(=O)(=O)C(Oc3ccc(C(=O)O)cc3)C3CCCNC3)CC2)[nH]1. The van der Waals surface area contributed by atoms with E-state index < -0.39 is 21.2 Å². The molecule has 0 amide bonds. The van der Waals surface area contributed by atoms with Crippen molar-refractivity contribution < 1.29 is 23.1 Å². The number of fused-ring (bicyclic) bond motifs is 3. The molecule has 6 rings (SSSR count). The lowest BCUT2D eigenvalue weighted by Crippen LogP contribution is -2.45. The molecule has 2 unspecified atom stereocenters. The van der Waals surface area contributed by atoms with Crippen LogP contribution < -0.4 is 10.1 Å². The van der Waals surface area contributed by atoms with Crippen LogP contribution in [-0.4, -0.2) is 63.7 Å². The highest BCUT2D eigenvalue weighted by Gasteiger charge is 2.39. The molecule has 4 heterocycles. The predicted molar refractivity (Wildman–Crippen MR) is 156 cm³/mol. The number of sulfone groups is 1. The number of carboxylic acids is 1. The summed E-state index contributed by atoms with van der Waals surface area (Å²) < 4.78 is 33.9. The van der Waals surface area contributed by atoms with Crippen LogP contribution in [0, 0.1) is 18.8 Å². The molecule has 1 aliphatic heterocycles. The van der Waals surface area contributed by atoms with Gasteiger partial charge in [-0.3, -0.25) is 0 Å². The first-order chi connectivity index (χ1) is 19.8. The Kier molecular flexibility index (Phi) is 7.65. The molecule has 1 saturated heterocycles. The number of carbonyl (C=O) groups is 1. The number of nitrogens with one attached hydrogen (secondary N) is 2. The molecule has 2 fully saturated rings. The Labute approximate surface area is 238 Å². The average Bonchev–Trinajstić information content (AvgIpc) is 3.45. The van der Waals surface area contributed by atoms with Crippen molar-refractivity contribution in [3.63, 3.8) is 0 Å². The monoisotopic (exact) mass is 577 g/mol. The summed E-state index contributed by atoms with van der Waals surface area (Å²) in [5, 5.41) is 14.6. The van der Waals surface area contributed by atoms with Gasteiger partial charge in [0.05, 0.1) is 23.0 Å². The highest BCUT2D eigenvalue weighted by molar-refractivity contribution is 7.91. The van der Waals surface area contributed by atoms with Gasteiger partial charge >= 0.3 is 5.97 Å². The molecule has 41 heavy (non-hydrogen) atoms. The van der Waals surface area contributed by atoms with Gasteiger partial charge in [0.2, 0.25) is 5.44 Å². The van der Waals surface area contributed by atoms with Gasteiger partial charge in [-0.05, 0) is 94.2 Å². The number of aromatic amines is 1. The summed E-state index contributed by atoms with van der Waals surface area (Å²) in [6.07, 6.45) is 8.56. The first-order valence-corrected chi connectivity index (χ1v) is 16.0. The van der Waals surface area contributed by atoms with Crippen molar-refractivity contribution in [3.05, 3.63) is 59.8 Å². The Morgan fingerprint density at radius 1 is 1.10 bits per heavy atom. The summed E-state index contributed by atoms with van der Waals surface area (Å²) in [4.78, 5) is 28.2. The topological polar surface area (TPSA) is 147 Å². The van der Waals surface area contributed by atoms with Gasteiger partial charge in [-0.1, -0.05) is 0 Å². The number of hydrogen-bond donors (Lipinski definition) is 3. The van der Waals surface area contributed by atoms with Gasteiger partial charge in [0.1, 0.15) is 11.6 Å². The average molecular weight is 578 g/mol. The summed E-state index contributed by atoms with van der Waals surface area (Å²) in [6, 6.07) is 7.95. The Hall–Kier alpha value is -3.57. The molecule has 0 bridgehead atoms. The predicted octanol–water partition coefficient (Wildman–Crippen LogP) is 4.61. The fourth-order valence-corrected chi connectivity index (χ4v) is 8.77. The van der Waals surface area contributed by atoms with Crippen LogP contribution >= 0.6 is 0 Å². The molecule has 1 aromatic carbocycles. The molecule has 2 atom stereocenters. The number of carboxylic acid groups (broad SMARTS) is 1. The summed E-state index contributed by atoms with van der Waals surface area (Å²) in [5.74, 6) is 0.388. The van der Waals surface area contributed by atoms with E-state index in [4.69, 9.17) is 4.74 Å². The van der Waals surface area contributed by atoms with Crippen LogP contribution in [-0.2, 0) is 9.84 Å². The summed E-state index contributed by atoms with van der Waals surface area (Å²) in [6.45, 7) is 3.39. The van der Waals surface area contributed by atoms with Crippen LogP contribution in [0.5, 0.6) is 5.75 Å². The third-order valence-corrected chi connectivity index (χ3v) is 10.7. The van der Waals surface area contributed by atoms with Crippen molar-refractivity contribution in [1.82, 2.24) is 25.3 Å². The fourth-order valence-electron chi connectivity index (χ4n) is 6.51. The molecule has 1 aliphatic carbocycles. The van der Waals surface area contributed by atoms with Gasteiger partial charge in [0.15, 0.2) is 15.5 Å². The lowest BCUT2D eigenvalue weighted by atomic mass is 9.80. The minimum absolute atomic E-state index is 0.0461. The van der Waals surface area contributed by atoms with Crippen molar-refractivity contribution in [2.24, 2.45) is 11.8 Å². The number of ether oxygens (including phenoxy) is 1. The number of hydrogen-bond acceptors (Lipinski definition) is 8. The minimum Gasteiger partial charge on any atom is -0.478 e. The Bertz CT molecular complexity index is 1660. The zero-order valence-electron chi connectivity index (χ0n) is 23.0. The van der Waals surface area contributed by atoms with Crippen LogP contribution in [0.4, 0.5) is 0 Å². The third-order valence-electron chi connectivity index (χ3n) is 8.54. The summed E-state index contributed by atoms with van der Waals surface area (Å²) >= 11 is 0. The molecular formula is C30H35N5O5S. The van der Waals surface area contributed by atoms with Gasteiger partial charge in [-0.25, -0.2) is 28.2 Å². The van der Waals surface area contributed by atoms with Crippen molar-refractivity contribution in [1.29, 1.82) is 0 Å². The molecule has 0 spiro atoms. The van der Waals surface area contributed by atoms with Gasteiger partial charge in [0.25, 0.3) is 0 Å². The lowest BCUT2D eigenvalue weighted by molar-refractivity contribution is 0.0696. The second kappa shape index (κ2) is 11.4. The van der Waals surface area contributed by atoms with Crippen molar-refractivity contribution in [2.75, 3.05) is 18.8 Å². The van der Waals surface area contributed by atoms with Crippen molar-refractivity contribution in [2.45, 2.75) is 56.8 Å². The summed E-state index contributed by atoms with van der Waals surface area (Å²) in [5.41, 5.74) is 1.84. The highest BCUT2D eigenvalue weighted by Crippen LogP contribution is 2.40. The van der Waals surface area contributed by atoms with E-state index in [1.165, 1.54) is 12.1 Å². The van der Waals surface area contributed by atoms with Gasteiger partial charge < -0.3 is 20.1 Å². The Morgan fingerprint density at radius 2 is 1.88 bits per heavy atom. The number of H-pyrrole nitrogens is 1. The molecule has 3 aromatic heterocycles. The quantitative estimate of drug-likeness (QED) is 0.273. The maximum atomic E-state index is 13.9. The molecule has 216 valence electrons. The van der Waals surface area contributed by atoms with Crippen LogP contribution in [0.1, 0.15) is 66.3 Å². The van der Waals surface area contributed by atoms with E-state index in [0.717, 1.165) is 72.9 Å². The van der Waals surface area contributed by atoms with Crippen molar-refractivity contribution in [3.8, 4) is 5.75 Å². The number of piperidine rings is 1. The highest BCUT2D eigenvalue weighted by atomic mass is 32.2. The van der Waals surface area contributed by atoms with E-state index in [1.54, 1.807) is 24.5 Å². The van der Waals surface area contributed by atoms with Crippen LogP contribution in [0.3, 0.4) is 0 Å². The van der Waals surface area contributed by atoms with Crippen molar-refractivity contribution >= 4 is 37.7 Å². The number of rotatable bonds is 8. The number of benzene rings is 1. The lowest BCUT2D eigenvalue weighted by Gasteiger charge is -2.33. The fraction of sp³-hybridized carbons (Fsp3) is 0.467. The largest absolute Gasteiger partial charge is 0.478 e. The molecule has 1 saturated carbocycles. The van der Waals surface area contributed by atoms with Crippen LogP contribution in [0.25, 0.3) is 21.9 Å². The number of aromatic carboxylic acids is 1. The van der Waals surface area contributed by atoms with E-state index in [9.17, 15) is 18.3 Å². The molecule has 10 nitrogen and oxygen atoms in total. The van der Waals surface area contributed by atoms with Gasteiger partial charge in [0, 0.05) is 35.1 Å². The van der Waals surface area contributed by atoms with E-state index in [-0.39, 0.29) is 29.1 Å². The zero-order valence-corrected chi connectivity index (χ0v) is 23.9. The molecule has 0 radical (unpaired) electrons. The minimum atomic E-state index is -3.60. The van der Waals surface area contributed by atoms with Crippen LogP contribution in [0.15, 0.2) is 42.7 Å². The maximum absolute atomic E-state index is 13.9. The summed E-state index contributed by atoms with van der Waals surface area (Å²) in [7, 11) is -3.60. The normalized spacial score (nSPS) is 22.5. The van der Waals surface area contributed by atoms with E-state index in [1.807, 2.05) is 13.0 Å². The number of aryl methyl sites for hydroxylation is 1. The number of nitrogens with zero attached hydrogens (tertiary/aromatic N) is 3. The standard InChI is InChI=1S/C30H35N5O5S/c1-18-34-25-16-33-28-24(12-14-32-28)26(25)27(35-18)20-6-4-19(5-7-20)17-41(38,39)30(22-3-2-13-31-15-22)40-23-10-8-21(9-11-23)29(36)37/h8-12,14,16,19-20,22,30-31H,2-7,13,15,17H2,1H3,(H,34,35)(H,36,37). The first kappa shape index (κ1) is 27.6. The number of aromatic nitrogens is 4. The second-order valence-electron chi connectivity index (χ2n) is 11.4. The van der Waals surface area contributed by atoms with E-state index in [2.05, 4.69) is 25.3 Å². The number of pyridine rings is 1. The zero-order chi connectivity index (χ0) is 28.6. The van der Waals surface area contributed by atoms with E-state index >= 15 is 0 Å². The van der Waals surface area contributed by atoms with Gasteiger partial charge in [-0.15, -0.1) is 0 Å². The molecule has 2 aliphatic rings. The smallest absolute Gasteiger partial charge is 0.335 e. The third kappa shape index (κ3) is 5.78.